The van der Waals surface area contributed by atoms with Crippen LogP contribution in [0.1, 0.15) is 33.5 Å². The summed E-state index contributed by atoms with van der Waals surface area (Å²) in [6, 6.07) is 0. The largest absolute Gasteiger partial charge is 0.476 e. The van der Waals surface area contributed by atoms with E-state index in [0.717, 1.165) is 30.8 Å². The Labute approximate surface area is 116 Å². The lowest BCUT2D eigenvalue weighted by molar-refractivity contribution is 0.0687. The molecule has 0 aliphatic carbocycles. The zero-order valence-corrected chi connectivity index (χ0v) is 12.5. The fourth-order valence-electron chi connectivity index (χ4n) is 1.58. The van der Waals surface area contributed by atoms with Crippen molar-refractivity contribution in [1.82, 2.24) is 9.88 Å². The van der Waals surface area contributed by atoms with Crippen molar-refractivity contribution in [3.63, 3.8) is 0 Å². The summed E-state index contributed by atoms with van der Waals surface area (Å²) in [5, 5.41) is 9.60. The fraction of sp³-hybridized carbons (Fsp3) is 0.583. The van der Waals surface area contributed by atoms with Crippen LogP contribution in [0.15, 0.2) is 0 Å². The highest BCUT2D eigenvalue weighted by atomic mass is 32.1. The molecule has 1 N–H and O–H groups in total. The van der Waals surface area contributed by atoms with E-state index in [1.165, 1.54) is 6.92 Å². The van der Waals surface area contributed by atoms with Crippen LogP contribution in [0.5, 0.6) is 0 Å². The molecule has 1 heterocycles. The number of carboxylic acid groups (broad SMARTS) is 1. The van der Waals surface area contributed by atoms with Crippen LogP contribution in [-0.4, -0.2) is 61.0 Å². The normalized spacial score (nSPS) is 10.8. The van der Waals surface area contributed by atoms with Crippen molar-refractivity contribution in [2.24, 2.45) is 0 Å². The molecule has 6 nitrogen and oxygen atoms in total. The number of Topliss-reactive ketones (excluding diaryl/α,β-unsaturated/α-hetero) is 1. The van der Waals surface area contributed by atoms with E-state index in [2.05, 4.69) is 9.88 Å². The number of thiazole rings is 1. The second kappa shape index (κ2) is 6.63. The molecule has 1 rings (SSSR count). The molecule has 0 spiro atoms. The minimum atomic E-state index is -1.16. The van der Waals surface area contributed by atoms with Crippen LogP contribution in [0, 0.1) is 0 Å². The summed E-state index contributed by atoms with van der Waals surface area (Å²) in [5.74, 6) is -1.42. The second-order valence-electron chi connectivity index (χ2n) is 4.61. The molecule has 0 radical (unpaired) electrons. The first kappa shape index (κ1) is 15.6. The predicted octanol–water partition coefficient (Wildman–Crippen LogP) is 1.43. The highest BCUT2D eigenvalue weighted by Gasteiger charge is 2.21. The van der Waals surface area contributed by atoms with E-state index in [4.69, 9.17) is 5.11 Å². The van der Waals surface area contributed by atoms with Gasteiger partial charge in [0.15, 0.2) is 16.6 Å². The first-order valence-electron chi connectivity index (χ1n) is 5.94. The number of carboxylic acids is 1. The third-order valence-electron chi connectivity index (χ3n) is 2.56. The molecule has 0 aromatic carbocycles. The van der Waals surface area contributed by atoms with Crippen molar-refractivity contribution in [3.05, 3.63) is 10.6 Å². The molecule has 0 atom stereocenters. The Morgan fingerprint density at radius 2 is 1.89 bits per heavy atom. The van der Waals surface area contributed by atoms with Crippen molar-refractivity contribution in [2.45, 2.75) is 13.3 Å². The summed E-state index contributed by atoms with van der Waals surface area (Å²) >= 11 is 1.13. The van der Waals surface area contributed by atoms with Gasteiger partial charge in [-0.15, -0.1) is 0 Å². The minimum Gasteiger partial charge on any atom is -0.476 e. The number of aromatic carboxylic acids is 1. The van der Waals surface area contributed by atoms with Gasteiger partial charge >= 0.3 is 5.97 Å². The summed E-state index contributed by atoms with van der Waals surface area (Å²) in [4.78, 5) is 30.6. The Hall–Kier alpha value is -1.47. The third kappa shape index (κ3) is 4.29. The van der Waals surface area contributed by atoms with Crippen LogP contribution in [0.25, 0.3) is 0 Å². The number of hydrogen-bond acceptors (Lipinski definition) is 6. The van der Waals surface area contributed by atoms with E-state index >= 15 is 0 Å². The van der Waals surface area contributed by atoms with E-state index in [1.807, 2.05) is 26.0 Å². The van der Waals surface area contributed by atoms with Crippen molar-refractivity contribution in [2.75, 3.05) is 39.1 Å². The van der Waals surface area contributed by atoms with Gasteiger partial charge in [0, 0.05) is 20.5 Å². The third-order valence-corrected chi connectivity index (χ3v) is 3.83. The number of ketones is 1. The van der Waals surface area contributed by atoms with E-state index in [0.29, 0.717) is 5.13 Å². The standard InChI is InChI=1S/C12H19N3O3S/c1-8(16)10-9(11(17)18)13-12(19-10)15(4)7-5-6-14(2)3/h5-7H2,1-4H3,(H,17,18). The van der Waals surface area contributed by atoms with E-state index in [1.54, 1.807) is 0 Å². The van der Waals surface area contributed by atoms with Gasteiger partial charge in [0.1, 0.15) is 4.88 Å². The highest BCUT2D eigenvalue weighted by molar-refractivity contribution is 7.17. The van der Waals surface area contributed by atoms with Crippen LogP contribution in [0.2, 0.25) is 0 Å². The van der Waals surface area contributed by atoms with Gasteiger partial charge in [-0.25, -0.2) is 9.78 Å². The number of aromatic nitrogens is 1. The van der Waals surface area contributed by atoms with Gasteiger partial charge in [-0.05, 0) is 27.1 Å². The fourth-order valence-corrected chi connectivity index (χ4v) is 2.52. The maximum Gasteiger partial charge on any atom is 0.356 e. The van der Waals surface area contributed by atoms with Crippen molar-refractivity contribution in [1.29, 1.82) is 0 Å². The molecule has 0 fully saturated rings. The van der Waals surface area contributed by atoms with Crippen LogP contribution in [0.3, 0.4) is 0 Å². The summed E-state index contributed by atoms with van der Waals surface area (Å²) in [5.41, 5.74) is -0.146. The molecule has 106 valence electrons. The lowest BCUT2D eigenvalue weighted by Crippen LogP contribution is -2.23. The summed E-state index contributed by atoms with van der Waals surface area (Å²) < 4.78 is 0. The second-order valence-corrected chi connectivity index (χ2v) is 5.59. The van der Waals surface area contributed by atoms with Crippen molar-refractivity contribution in [3.8, 4) is 0 Å². The van der Waals surface area contributed by atoms with E-state index < -0.39 is 5.97 Å². The molecule has 0 amide bonds. The molecule has 19 heavy (non-hydrogen) atoms. The number of anilines is 1. The van der Waals surface area contributed by atoms with Gasteiger partial charge in [-0.1, -0.05) is 11.3 Å². The molecule has 0 aliphatic heterocycles. The molecule has 0 saturated heterocycles. The van der Waals surface area contributed by atoms with Gasteiger partial charge in [0.25, 0.3) is 0 Å². The Morgan fingerprint density at radius 1 is 1.26 bits per heavy atom. The smallest absolute Gasteiger partial charge is 0.356 e. The molecule has 0 saturated carbocycles. The number of carbonyl (C=O) groups is 2. The van der Waals surface area contributed by atoms with Gasteiger partial charge in [-0.2, -0.15) is 0 Å². The summed E-state index contributed by atoms with van der Waals surface area (Å²) in [6.07, 6.45) is 0.945. The molecule has 1 aromatic rings. The summed E-state index contributed by atoms with van der Waals surface area (Å²) in [7, 11) is 5.85. The molecule has 7 heteroatoms. The van der Waals surface area contributed by atoms with E-state index in [-0.39, 0.29) is 16.4 Å². The van der Waals surface area contributed by atoms with Gasteiger partial charge in [0.05, 0.1) is 0 Å². The Kier molecular flexibility index (Phi) is 5.44. The Morgan fingerprint density at radius 3 is 2.32 bits per heavy atom. The highest BCUT2D eigenvalue weighted by Crippen LogP contribution is 2.26. The monoisotopic (exact) mass is 285 g/mol. The van der Waals surface area contributed by atoms with Gasteiger partial charge in [-0.3, -0.25) is 4.79 Å². The van der Waals surface area contributed by atoms with Crippen LogP contribution < -0.4 is 4.90 Å². The molecule has 0 bridgehead atoms. The average molecular weight is 285 g/mol. The molecule has 1 aromatic heterocycles. The zero-order chi connectivity index (χ0) is 14.6. The number of carbonyl (C=O) groups excluding carboxylic acids is 1. The minimum absolute atomic E-state index is 0.146. The topological polar surface area (TPSA) is 73.7 Å². The lowest BCUT2D eigenvalue weighted by Gasteiger charge is -2.17. The van der Waals surface area contributed by atoms with Crippen LogP contribution >= 0.6 is 11.3 Å². The van der Waals surface area contributed by atoms with Crippen LogP contribution in [0.4, 0.5) is 5.13 Å². The SMILES string of the molecule is CC(=O)c1sc(N(C)CCCN(C)C)nc1C(=O)O. The van der Waals surface area contributed by atoms with E-state index in [9.17, 15) is 9.59 Å². The Bertz CT molecular complexity index is 439. The van der Waals surface area contributed by atoms with Gasteiger partial charge < -0.3 is 14.9 Å². The number of nitrogens with zero attached hydrogens (tertiary/aromatic N) is 3. The lowest BCUT2D eigenvalue weighted by atomic mass is 10.3. The zero-order valence-electron chi connectivity index (χ0n) is 11.6. The van der Waals surface area contributed by atoms with Gasteiger partial charge in [0.2, 0.25) is 0 Å². The average Bonchev–Trinajstić information content (AvgIpc) is 2.73. The van der Waals surface area contributed by atoms with Crippen LogP contribution in [-0.2, 0) is 0 Å². The molecule has 0 aliphatic rings. The number of rotatable bonds is 7. The van der Waals surface area contributed by atoms with Crippen molar-refractivity contribution >= 4 is 28.2 Å². The summed E-state index contributed by atoms with van der Waals surface area (Å²) in [6.45, 7) is 3.07. The molecular formula is C12H19N3O3S. The quantitative estimate of drug-likeness (QED) is 0.764. The number of hydrogen-bond donors (Lipinski definition) is 1. The maximum absolute atomic E-state index is 11.4. The first-order valence-corrected chi connectivity index (χ1v) is 6.75. The first-order chi connectivity index (χ1) is 8.82. The predicted molar refractivity (Wildman–Crippen MR) is 75.5 cm³/mol. The Balaban J connectivity index is 2.80. The molecular weight excluding hydrogens is 266 g/mol. The maximum atomic E-state index is 11.4. The van der Waals surface area contributed by atoms with Crippen molar-refractivity contribution < 1.29 is 14.7 Å². The molecule has 0 unspecified atom stereocenters.